The highest BCUT2D eigenvalue weighted by atomic mass is 16.3. The van der Waals surface area contributed by atoms with Gasteiger partial charge in [0, 0.05) is 55.3 Å². The van der Waals surface area contributed by atoms with Crippen molar-refractivity contribution in [2.24, 2.45) is 17.3 Å². The summed E-state index contributed by atoms with van der Waals surface area (Å²) in [5.74, 6) is 0.598. The van der Waals surface area contributed by atoms with Crippen molar-refractivity contribution in [3.05, 3.63) is 58.5 Å². The fourth-order valence-electron chi connectivity index (χ4n) is 6.61. The van der Waals surface area contributed by atoms with E-state index >= 15 is 0 Å². The number of amides is 2. The monoisotopic (exact) mass is 563 g/mol. The molecule has 2 fully saturated rings. The van der Waals surface area contributed by atoms with Crippen molar-refractivity contribution < 1.29 is 14.7 Å². The van der Waals surface area contributed by atoms with Crippen LogP contribution in [0.3, 0.4) is 0 Å². The van der Waals surface area contributed by atoms with Crippen LogP contribution in [0.4, 0.5) is 0 Å². The Morgan fingerprint density at radius 3 is 2.34 bits per heavy atom. The molecule has 1 aromatic carbocycles. The molecule has 0 radical (unpaired) electrons. The van der Waals surface area contributed by atoms with Crippen LogP contribution < -0.4 is 5.56 Å². The zero-order valence-corrected chi connectivity index (χ0v) is 25.9. The predicted molar refractivity (Wildman–Crippen MR) is 164 cm³/mol. The Balaban J connectivity index is 1.57. The number of benzene rings is 1. The summed E-state index contributed by atoms with van der Waals surface area (Å²) in [7, 11) is 1.76. The molecule has 0 bridgehead atoms. The van der Waals surface area contributed by atoms with Crippen molar-refractivity contribution in [1.29, 1.82) is 0 Å². The zero-order chi connectivity index (χ0) is 29.9. The average Bonchev–Trinajstić information content (AvgIpc) is 2.95. The molecule has 1 saturated heterocycles. The van der Waals surface area contributed by atoms with E-state index in [2.05, 4.69) is 0 Å². The minimum absolute atomic E-state index is 0.0167. The van der Waals surface area contributed by atoms with Gasteiger partial charge in [-0.25, -0.2) is 0 Å². The van der Waals surface area contributed by atoms with Crippen molar-refractivity contribution in [3.63, 3.8) is 0 Å². The molecular weight excluding hydrogens is 514 g/mol. The maximum Gasteiger partial charge on any atom is 0.255 e. The maximum atomic E-state index is 13.6. The number of carbonyl (C=O) groups is 2. The zero-order valence-electron chi connectivity index (χ0n) is 25.9. The van der Waals surface area contributed by atoms with Crippen LogP contribution in [0.15, 0.2) is 47.4 Å². The Hall–Kier alpha value is -2.93. The number of nitrogens with zero attached hydrogens (tertiary/aromatic N) is 3. The molecule has 0 unspecified atom stereocenters. The quantitative estimate of drug-likeness (QED) is 0.454. The molecule has 7 heteroatoms. The lowest BCUT2D eigenvalue weighted by Gasteiger charge is -2.51. The van der Waals surface area contributed by atoms with Crippen LogP contribution in [-0.4, -0.2) is 63.1 Å². The summed E-state index contributed by atoms with van der Waals surface area (Å²) >= 11 is 0. The third kappa shape index (κ3) is 6.77. The molecule has 1 aliphatic carbocycles. The van der Waals surface area contributed by atoms with Gasteiger partial charge in [-0.3, -0.25) is 14.4 Å². The van der Waals surface area contributed by atoms with E-state index in [9.17, 15) is 19.5 Å². The number of hydrogen-bond acceptors (Lipinski definition) is 4. The molecule has 2 aliphatic rings. The molecule has 4 rings (SSSR count). The molecular formula is C34H49N3O4. The first kappa shape index (κ1) is 31.0. The van der Waals surface area contributed by atoms with Crippen LogP contribution in [0.1, 0.15) is 89.9 Å². The van der Waals surface area contributed by atoms with Crippen molar-refractivity contribution in [1.82, 2.24) is 14.4 Å². The fourth-order valence-corrected chi connectivity index (χ4v) is 6.61. The van der Waals surface area contributed by atoms with E-state index in [0.717, 1.165) is 12.0 Å². The third-order valence-corrected chi connectivity index (χ3v) is 9.75. The number of rotatable bonds is 8. The fraction of sp³-hybridized carbons (Fsp3) is 0.618. The second-order valence-electron chi connectivity index (χ2n) is 13.5. The van der Waals surface area contributed by atoms with Gasteiger partial charge in [-0.2, -0.15) is 0 Å². The largest absolute Gasteiger partial charge is 0.387 e. The summed E-state index contributed by atoms with van der Waals surface area (Å²) in [6.45, 7) is 10.8. The Kier molecular flexibility index (Phi) is 9.47. The highest BCUT2D eigenvalue weighted by molar-refractivity contribution is 6.00. The van der Waals surface area contributed by atoms with Gasteiger partial charge in [0.2, 0.25) is 5.91 Å². The maximum absolute atomic E-state index is 13.6. The van der Waals surface area contributed by atoms with Gasteiger partial charge in [-0.1, -0.05) is 83.2 Å². The van der Waals surface area contributed by atoms with E-state index in [1.54, 1.807) is 18.1 Å². The summed E-state index contributed by atoms with van der Waals surface area (Å²) in [6, 6.07) is 11.0. The Labute approximate surface area is 245 Å². The number of hydrogen-bond donors (Lipinski definition) is 1. The van der Waals surface area contributed by atoms with Crippen LogP contribution in [-0.2, 0) is 11.3 Å². The van der Waals surface area contributed by atoms with E-state index in [4.69, 9.17) is 0 Å². The Morgan fingerprint density at radius 2 is 1.73 bits per heavy atom. The van der Waals surface area contributed by atoms with Crippen LogP contribution in [0.25, 0.3) is 11.1 Å². The first-order valence-corrected chi connectivity index (χ1v) is 15.4. The van der Waals surface area contributed by atoms with Gasteiger partial charge in [0.25, 0.3) is 11.5 Å². The minimum Gasteiger partial charge on any atom is -0.387 e. The molecule has 0 spiro atoms. The van der Waals surface area contributed by atoms with Gasteiger partial charge in [0.05, 0.1) is 17.7 Å². The molecule has 2 atom stereocenters. The number of likely N-dealkylation sites (tertiary alicyclic amines) is 1. The van der Waals surface area contributed by atoms with Gasteiger partial charge in [0.15, 0.2) is 0 Å². The Bertz CT molecular complexity index is 1280. The predicted octanol–water partition coefficient (Wildman–Crippen LogP) is 5.59. The summed E-state index contributed by atoms with van der Waals surface area (Å²) in [4.78, 5) is 44.0. The first-order chi connectivity index (χ1) is 19.3. The van der Waals surface area contributed by atoms with E-state index in [-0.39, 0.29) is 35.9 Å². The standard InChI is InChI=1S/C34H49N3O4/c1-24(2)35(6)32(40)29-21-37(30(38)20-28(29)27-15-11-8-12-16-27)23-34(41)17-18-36(22-33(34,4)5)31(39)25(3)19-26-13-9-7-10-14-26/h8,11-12,15-16,20-21,24-26,41H,7,9-10,13-14,17-19,22-23H2,1-6H3/t25-,34-/m1/s1. The molecule has 2 heterocycles. The van der Waals surface area contributed by atoms with Crippen LogP contribution in [0.2, 0.25) is 0 Å². The topological polar surface area (TPSA) is 82.8 Å². The lowest BCUT2D eigenvalue weighted by Crippen LogP contribution is -2.61. The summed E-state index contributed by atoms with van der Waals surface area (Å²) in [6.07, 6.45) is 9.19. The molecule has 2 amide bonds. The van der Waals surface area contributed by atoms with Crippen LogP contribution in [0, 0.1) is 17.3 Å². The number of piperidine rings is 1. The van der Waals surface area contributed by atoms with Gasteiger partial charge in [-0.15, -0.1) is 0 Å². The Morgan fingerprint density at radius 1 is 1.07 bits per heavy atom. The second kappa shape index (κ2) is 12.5. The third-order valence-electron chi connectivity index (χ3n) is 9.75. The summed E-state index contributed by atoms with van der Waals surface area (Å²) < 4.78 is 1.48. The lowest BCUT2D eigenvalue weighted by molar-refractivity contribution is -0.157. The van der Waals surface area contributed by atoms with Crippen molar-refractivity contribution in [2.45, 2.75) is 97.8 Å². The van der Waals surface area contributed by atoms with Gasteiger partial charge < -0.3 is 19.5 Å². The highest BCUT2D eigenvalue weighted by Gasteiger charge is 2.49. The molecule has 2 aromatic rings. The van der Waals surface area contributed by atoms with Crippen molar-refractivity contribution >= 4 is 11.8 Å². The number of carbonyl (C=O) groups excluding carboxylic acids is 2. The van der Waals surface area contributed by atoms with E-state index < -0.39 is 11.0 Å². The minimum atomic E-state index is -1.22. The van der Waals surface area contributed by atoms with Gasteiger partial charge in [-0.05, 0) is 38.2 Å². The highest BCUT2D eigenvalue weighted by Crippen LogP contribution is 2.41. The van der Waals surface area contributed by atoms with Crippen LogP contribution in [0.5, 0.6) is 0 Å². The van der Waals surface area contributed by atoms with Crippen molar-refractivity contribution in [2.75, 3.05) is 20.1 Å². The van der Waals surface area contributed by atoms with E-state index in [0.29, 0.717) is 36.6 Å². The number of pyridine rings is 1. The molecule has 224 valence electrons. The number of aliphatic hydroxyl groups is 1. The van der Waals surface area contributed by atoms with Gasteiger partial charge >= 0.3 is 0 Å². The molecule has 1 aromatic heterocycles. The average molecular weight is 564 g/mol. The van der Waals surface area contributed by atoms with Crippen molar-refractivity contribution in [3.8, 4) is 11.1 Å². The molecule has 7 nitrogen and oxygen atoms in total. The first-order valence-electron chi connectivity index (χ1n) is 15.4. The van der Waals surface area contributed by atoms with E-state index in [1.807, 2.05) is 69.9 Å². The molecule has 41 heavy (non-hydrogen) atoms. The van der Waals surface area contributed by atoms with Crippen LogP contribution >= 0.6 is 0 Å². The SMILES string of the molecule is CC(C)N(C)C(=O)c1cn(C[C@]2(O)CCN(C(=O)[C@H](C)CC3CCCCC3)CC2(C)C)c(=O)cc1-c1ccccc1. The molecule has 1 saturated carbocycles. The summed E-state index contributed by atoms with van der Waals surface area (Å²) in [5.41, 5.74) is -0.330. The van der Waals surface area contributed by atoms with E-state index in [1.165, 1.54) is 42.7 Å². The molecule has 1 N–H and O–H groups in total. The number of aromatic nitrogens is 1. The van der Waals surface area contributed by atoms with Gasteiger partial charge in [0.1, 0.15) is 0 Å². The lowest BCUT2D eigenvalue weighted by atomic mass is 9.69. The summed E-state index contributed by atoms with van der Waals surface area (Å²) in [5, 5.41) is 12.0. The smallest absolute Gasteiger partial charge is 0.255 e. The normalized spacial score (nSPS) is 22.0. The molecule has 1 aliphatic heterocycles. The second-order valence-corrected chi connectivity index (χ2v) is 13.5.